The molecule has 0 saturated carbocycles. The van der Waals surface area contributed by atoms with Crippen molar-refractivity contribution in [1.82, 2.24) is 5.32 Å². The van der Waals surface area contributed by atoms with E-state index in [2.05, 4.69) is 23.7 Å². The van der Waals surface area contributed by atoms with Gasteiger partial charge in [0, 0.05) is 17.5 Å². The summed E-state index contributed by atoms with van der Waals surface area (Å²) in [6, 6.07) is 7.93. The van der Waals surface area contributed by atoms with Crippen molar-refractivity contribution >= 4 is 11.3 Å². The Morgan fingerprint density at radius 2 is 2.31 bits per heavy atom. The number of nitrogens with one attached hydrogen (secondary N) is 1. The first-order chi connectivity index (χ1) is 7.77. The highest BCUT2D eigenvalue weighted by molar-refractivity contribution is 7.10. The summed E-state index contributed by atoms with van der Waals surface area (Å²) < 4.78 is 5.13. The number of rotatable bonds is 5. The van der Waals surface area contributed by atoms with Crippen LogP contribution in [0.25, 0.3) is 0 Å². The summed E-state index contributed by atoms with van der Waals surface area (Å²) in [7, 11) is 0. The number of aliphatic hydroxyl groups is 1. The van der Waals surface area contributed by atoms with Gasteiger partial charge in [0.1, 0.15) is 11.9 Å². The molecular formula is C12H15NO2S. The third-order valence-corrected chi connectivity index (χ3v) is 3.51. The molecule has 2 rings (SSSR count). The summed E-state index contributed by atoms with van der Waals surface area (Å²) in [5.41, 5.74) is 0. The van der Waals surface area contributed by atoms with E-state index in [-0.39, 0.29) is 6.04 Å². The largest absolute Gasteiger partial charge is 0.467 e. The zero-order valence-electron chi connectivity index (χ0n) is 9.09. The number of furan rings is 1. The van der Waals surface area contributed by atoms with Crippen LogP contribution in [0.3, 0.4) is 0 Å². The highest BCUT2D eigenvalue weighted by Gasteiger charge is 2.12. The maximum absolute atomic E-state index is 9.80. The molecular weight excluding hydrogens is 222 g/mol. The smallest absolute Gasteiger partial charge is 0.133 e. The van der Waals surface area contributed by atoms with E-state index in [9.17, 15) is 5.11 Å². The van der Waals surface area contributed by atoms with Crippen LogP contribution >= 0.6 is 11.3 Å². The molecule has 0 aromatic carbocycles. The van der Waals surface area contributed by atoms with E-state index < -0.39 is 6.10 Å². The Hall–Kier alpha value is -1.10. The predicted octanol–water partition coefficient (Wildman–Crippen LogP) is 2.73. The normalized spacial score (nSPS) is 14.9. The molecule has 16 heavy (non-hydrogen) atoms. The van der Waals surface area contributed by atoms with Crippen molar-refractivity contribution in [2.75, 3.05) is 6.54 Å². The van der Waals surface area contributed by atoms with Gasteiger partial charge in [-0.05, 0) is 30.5 Å². The van der Waals surface area contributed by atoms with Gasteiger partial charge < -0.3 is 14.8 Å². The monoisotopic (exact) mass is 237 g/mol. The summed E-state index contributed by atoms with van der Waals surface area (Å²) in [5, 5.41) is 15.1. The molecule has 0 saturated heterocycles. The zero-order valence-corrected chi connectivity index (χ0v) is 9.91. The molecule has 0 aliphatic carbocycles. The molecule has 2 unspecified atom stereocenters. The molecule has 2 heterocycles. The Labute approximate surface area is 98.7 Å². The summed E-state index contributed by atoms with van der Waals surface area (Å²) >= 11 is 1.71. The Morgan fingerprint density at radius 1 is 1.44 bits per heavy atom. The molecule has 2 atom stereocenters. The Balaban J connectivity index is 1.84. The van der Waals surface area contributed by atoms with Crippen LogP contribution in [0.4, 0.5) is 0 Å². The maximum Gasteiger partial charge on any atom is 0.133 e. The van der Waals surface area contributed by atoms with E-state index in [0.29, 0.717) is 12.3 Å². The second-order valence-electron chi connectivity index (χ2n) is 3.68. The molecule has 2 aromatic rings. The number of hydrogen-bond donors (Lipinski definition) is 2. The molecule has 0 amide bonds. The first-order valence-electron chi connectivity index (χ1n) is 5.25. The van der Waals surface area contributed by atoms with Crippen molar-refractivity contribution < 1.29 is 9.52 Å². The Bertz CT molecular complexity index is 356. The zero-order chi connectivity index (χ0) is 11.4. The number of aliphatic hydroxyl groups excluding tert-OH is 1. The van der Waals surface area contributed by atoms with Gasteiger partial charge in [-0.15, -0.1) is 11.3 Å². The minimum Gasteiger partial charge on any atom is -0.467 e. The third kappa shape index (κ3) is 2.72. The van der Waals surface area contributed by atoms with Crippen molar-refractivity contribution in [3.05, 3.63) is 46.5 Å². The van der Waals surface area contributed by atoms with Gasteiger partial charge >= 0.3 is 0 Å². The van der Waals surface area contributed by atoms with Gasteiger partial charge in [0.2, 0.25) is 0 Å². The summed E-state index contributed by atoms with van der Waals surface area (Å²) in [6.45, 7) is 2.58. The molecule has 0 bridgehead atoms. The third-order valence-electron chi connectivity index (χ3n) is 2.46. The van der Waals surface area contributed by atoms with Gasteiger partial charge in [-0.1, -0.05) is 6.07 Å². The van der Waals surface area contributed by atoms with Crippen LogP contribution < -0.4 is 5.32 Å². The summed E-state index contributed by atoms with van der Waals surface area (Å²) in [6.07, 6.45) is 0.985. The predicted molar refractivity (Wildman–Crippen MR) is 64.4 cm³/mol. The van der Waals surface area contributed by atoms with Gasteiger partial charge in [-0.25, -0.2) is 0 Å². The maximum atomic E-state index is 9.80. The van der Waals surface area contributed by atoms with Gasteiger partial charge in [0.05, 0.1) is 6.26 Å². The van der Waals surface area contributed by atoms with Crippen molar-refractivity contribution in [2.45, 2.75) is 19.1 Å². The Morgan fingerprint density at radius 3 is 2.94 bits per heavy atom. The lowest BCUT2D eigenvalue weighted by molar-refractivity contribution is 0.144. The van der Waals surface area contributed by atoms with E-state index in [0.717, 1.165) is 0 Å². The van der Waals surface area contributed by atoms with Crippen LogP contribution in [-0.2, 0) is 0 Å². The van der Waals surface area contributed by atoms with Crippen LogP contribution in [0, 0.1) is 0 Å². The van der Waals surface area contributed by atoms with Gasteiger partial charge in [-0.3, -0.25) is 0 Å². The number of hydrogen-bond acceptors (Lipinski definition) is 4. The van der Waals surface area contributed by atoms with Crippen LogP contribution in [0.2, 0.25) is 0 Å². The molecule has 3 nitrogen and oxygen atoms in total. The molecule has 0 aliphatic rings. The molecule has 4 heteroatoms. The molecule has 2 aromatic heterocycles. The highest BCUT2D eigenvalue weighted by atomic mass is 32.1. The van der Waals surface area contributed by atoms with Crippen molar-refractivity contribution in [2.24, 2.45) is 0 Å². The fraction of sp³-hybridized carbons (Fsp3) is 0.333. The van der Waals surface area contributed by atoms with Crippen LogP contribution in [0.15, 0.2) is 40.3 Å². The molecule has 0 radical (unpaired) electrons. The van der Waals surface area contributed by atoms with Crippen molar-refractivity contribution in [3.63, 3.8) is 0 Å². The molecule has 86 valence electrons. The van der Waals surface area contributed by atoms with Crippen molar-refractivity contribution in [3.8, 4) is 0 Å². The minimum absolute atomic E-state index is 0.254. The number of thiophene rings is 1. The summed E-state index contributed by atoms with van der Waals surface area (Å²) in [5.74, 6) is 0.603. The second-order valence-corrected chi connectivity index (χ2v) is 4.66. The van der Waals surface area contributed by atoms with Gasteiger partial charge in [-0.2, -0.15) is 0 Å². The Kier molecular flexibility index (Phi) is 3.77. The lowest BCUT2D eigenvalue weighted by Gasteiger charge is -2.14. The fourth-order valence-electron chi connectivity index (χ4n) is 1.51. The SMILES string of the molecule is CC(NCC(O)c1ccco1)c1cccs1. The van der Waals surface area contributed by atoms with Crippen LogP contribution in [0.5, 0.6) is 0 Å². The van der Waals surface area contributed by atoms with Gasteiger partial charge in [0.15, 0.2) is 0 Å². The lowest BCUT2D eigenvalue weighted by Crippen LogP contribution is -2.23. The molecule has 2 N–H and O–H groups in total. The average molecular weight is 237 g/mol. The topological polar surface area (TPSA) is 45.4 Å². The van der Waals surface area contributed by atoms with E-state index in [1.54, 1.807) is 29.7 Å². The quantitative estimate of drug-likeness (QED) is 0.840. The average Bonchev–Trinajstić information content (AvgIpc) is 2.95. The van der Waals surface area contributed by atoms with E-state index in [4.69, 9.17) is 4.42 Å². The van der Waals surface area contributed by atoms with Crippen molar-refractivity contribution in [1.29, 1.82) is 0 Å². The van der Waals surface area contributed by atoms with Crippen LogP contribution in [-0.4, -0.2) is 11.7 Å². The first kappa shape index (κ1) is 11.4. The molecule has 0 spiro atoms. The van der Waals surface area contributed by atoms with Crippen LogP contribution in [0.1, 0.15) is 29.7 Å². The van der Waals surface area contributed by atoms with E-state index in [1.807, 2.05) is 6.07 Å². The fourth-order valence-corrected chi connectivity index (χ4v) is 2.27. The van der Waals surface area contributed by atoms with E-state index >= 15 is 0 Å². The molecule has 0 fully saturated rings. The van der Waals surface area contributed by atoms with Gasteiger partial charge in [0.25, 0.3) is 0 Å². The second kappa shape index (κ2) is 5.30. The highest BCUT2D eigenvalue weighted by Crippen LogP contribution is 2.19. The summed E-state index contributed by atoms with van der Waals surface area (Å²) in [4.78, 5) is 1.27. The minimum atomic E-state index is -0.586. The van der Waals surface area contributed by atoms with E-state index in [1.165, 1.54) is 4.88 Å². The molecule has 0 aliphatic heterocycles. The standard InChI is InChI=1S/C12H15NO2S/c1-9(12-5-3-7-16-12)13-8-10(14)11-4-2-6-15-11/h2-7,9-10,13-14H,8H2,1H3. The lowest BCUT2D eigenvalue weighted by atomic mass is 10.2. The first-order valence-corrected chi connectivity index (χ1v) is 6.13.